The number of benzene rings is 2. The van der Waals surface area contributed by atoms with Crippen LogP contribution < -0.4 is 5.63 Å². The second-order valence-corrected chi connectivity index (χ2v) is 6.08. The lowest BCUT2D eigenvalue weighted by atomic mass is 9.93. The maximum atomic E-state index is 12.2. The van der Waals surface area contributed by atoms with E-state index in [9.17, 15) is 4.79 Å². The van der Waals surface area contributed by atoms with Gasteiger partial charge in [0.05, 0.1) is 0 Å². The molecule has 0 spiro atoms. The van der Waals surface area contributed by atoms with Gasteiger partial charge in [-0.1, -0.05) is 44.2 Å². The van der Waals surface area contributed by atoms with Crippen molar-refractivity contribution in [3.05, 3.63) is 70.7 Å². The van der Waals surface area contributed by atoms with Gasteiger partial charge in [-0.2, -0.15) is 0 Å². The molecule has 2 heterocycles. The van der Waals surface area contributed by atoms with Gasteiger partial charge in [-0.05, 0) is 40.5 Å². The number of rotatable bonds is 2. The molecule has 0 aliphatic rings. The van der Waals surface area contributed by atoms with Gasteiger partial charge in [0.2, 0.25) is 5.89 Å². The Balaban J connectivity index is 2.04. The van der Waals surface area contributed by atoms with Crippen molar-refractivity contribution in [1.82, 2.24) is 9.97 Å². The summed E-state index contributed by atoms with van der Waals surface area (Å²) in [4.78, 5) is 20.8. The van der Waals surface area contributed by atoms with Gasteiger partial charge in [0.15, 0.2) is 5.52 Å². The SMILES string of the molecule is CC(C)c1ccc(-c2nc3cccnc3c(=O)o2)c2ccccc12. The molecule has 0 radical (unpaired) electrons. The summed E-state index contributed by atoms with van der Waals surface area (Å²) >= 11 is 0. The summed E-state index contributed by atoms with van der Waals surface area (Å²) in [5.41, 5.74) is 2.41. The van der Waals surface area contributed by atoms with Crippen LogP contribution in [0, 0.1) is 0 Å². The van der Waals surface area contributed by atoms with Crippen molar-refractivity contribution in [3.63, 3.8) is 0 Å². The molecule has 0 unspecified atom stereocenters. The Morgan fingerprint density at radius 3 is 2.54 bits per heavy atom. The van der Waals surface area contributed by atoms with Crippen molar-refractivity contribution >= 4 is 21.8 Å². The Kier molecular flexibility index (Phi) is 3.38. The van der Waals surface area contributed by atoms with E-state index in [2.05, 4.69) is 35.9 Å². The highest BCUT2D eigenvalue weighted by Gasteiger charge is 2.14. The lowest BCUT2D eigenvalue weighted by Gasteiger charge is -2.12. The zero-order valence-corrected chi connectivity index (χ0v) is 13.5. The Morgan fingerprint density at radius 2 is 1.75 bits per heavy atom. The monoisotopic (exact) mass is 316 g/mol. The van der Waals surface area contributed by atoms with Crippen molar-refractivity contribution in [1.29, 1.82) is 0 Å². The first-order valence-electron chi connectivity index (χ1n) is 7.93. The van der Waals surface area contributed by atoms with Crippen LogP contribution in [0.4, 0.5) is 0 Å². The molecule has 4 nitrogen and oxygen atoms in total. The fourth-order valence-electron chi connectivity index (χ4n) is 3.04. The van der Waals surface area contributed by atoms with E-state index in [1.165, 1.54) is 5.56 Å². The van der Waals surface area contributed by atoms with Crippen molar-refractivity contribution in [3.8, 4) is 11.5 Å². The van der Waals surface area contributed by atoms with Crippen LogP contribution in [0.3, 0.4) is 0 Å². The van der Waals surface area contributed by atoms with E-state index in [4.69, 9.17) is 4.42 Å². The Labute approximate surface area is 138 Å². The number of pyridine rings is 1. The molecule has 0 atom stereocenters. The van der Waals surface area contributed by atoms with Gasteiger partial charge in [0, 0.05) is 11.8 Å². The maximum Gasteiger partial charge on any atom is 0.365 e. The smallest absolute Gasteiger partial charge is 0.365 e. The maximum absolute atomic E-state index is 12.2. The van der Waals surface area contributed by atoms with Gasteiger partial charge in [-0.15, -0.1) is 0 Å². The molecule has 0 saturated carbocycles. The quantitative estimate of drug-likeness (QED) is 0.545. The number of nitrogens with zero attached hydrogens (tertiary/aromatic N) is 2. The summed E-state index contributed by atoms with van der Waals surface area (Å²) in [6, 6.07) is 15.7. The molecule has 0 N–H and O–H groups in total. The number of aromatic nitrogens is 2. The van der Waals surface area contributed by atoms with Crippen LogP contribution >= 0.6 is 0 Å². The Bertz CT molecular complexity index is 1110. The molecule has 4 rings (SSSR count). The normalized spacial score (nSPS) is 11.5. The third-order valence-corrected chi connectivity index (χ3v) is 4.20. The molecule has 2 aromatic carbocycles. The molecule has 0 amide bonds. The Hall–Kier alpha value is -3.01. The topological polar surface area (TPSA) is 56.0 Å². The fraction of sp³-hybridized carbons (Fsp3) is 0.150. The largest absolute Gasteiger partial charge is 0.402 e. The summed E-state index contributed by atoms with van der Waals surface area (Å²) in [7, 11) is 0. The molecule has 0 aliphatic heterocycles. The minimum atomic E-state index is -0.465. The van der Waals surface area contributed by atoms with E-state index in [-0.39, 0.29) is 5.52 Å². The first-order chi connectivity index (χ1) is 11.6. The van der Waals surface area contributed by atoms with E-state index < -0.39 is 5.63 Å². The van der Waals surface area contributed by atoms with E-state index in [1.807, 2.05) is 24.3 Å². The highest BCUT2D eigenvalue weighted by Crippen LogP contribution is 2.32. The Morgan fingerprint density at radius 1 is 0.958 bits per heavy atom. The zero-order valence-electron chi connectivity index (χ0n) is 13.5. The lowest BCUT2D eigenvalue weighted by molar-refractivity contribution is 0.517. The highest BCUT2D eigenvalue weighted by molar-refractivity contribution is 5.97. The zero-order chi connectivity index (χ0) is 16.7. The van der Waals surface area contributed by atoms with Gasteiger partial charge in [0.25, 0.3) is 0 Å². The van der Waals surface area contributed by atoms with Crippen LogP contribution in [0.5, 0.6) is 0 Å². The first-order valence-corrected chi connectivity index (χ1v) is 7.93. The van der Waals surface area contributed by atoms with Crippen LogP contribution in [-0.2, 0) is 0 Å². The molecule has 0 aliphatic carbocycles. The summed E-state index contributed by atoms with van der Waals surface area (Å²) in [5, 5.41) is 2.18. The molecule has 0 bridgehead atoms. The predicted molar refractivity (Wildman–Crippen MR) is 95.1 cm³/mol. The van der Waals surface area contributed by atoms with Crippen molar-refractivity contribution in [2.24, 2.45) is 0 Å². The number of hydrogen-bond acceptors (Lipinski definition) is 4. The summed E-state index contributed by atoms with van der Waals surface area (Å²) in [5.74, 6) is 0.733. The van der Waals surface area contributed by atoms with Crippen LogP contribution in [-0.4, -0.2) is 9.97 Å². The molecule has 0 fully saturated rings. The van der Waals surface area contributed by atoms with E-state index in [1.54, 1.807) is 18.3 Å². The van der Waals surface area contributed by atoms with Gasteiger partial charge in [0.1, 0.15) is 5.52 Å². The minimum absolute atomic E-state index is 0.254. The van der Waals surface area contributed by atoms with Crippen LogP contribution in [0.1, 0.15) is 25.3 Å². The molecular weight excluding hydrogens is 300 g/mol. The molecule has 118 valence electrons. The third-order valence-electron chi connectivity index (χ3n) is 4.20. The number of fused-ring (bicyclic) bond motifs is 2. The highest BCUT2D eigenvalue weighted by atomic mass is 16.4. The average molecular weight is 316 g/mol. The standard InChI is InChI=1S/C20H16N2O2/c1-12(2)13-9-10-16(15-7-4-3-6-14(13)15)19-22-17-8-5-11-21-18(17)20(23)24-19/h3-12H,1-2H3. The summed E-state index contributed by atoms with van der Waals surface area (Å²) < 4.78 is 5.46. The fourth-order valence-corrected chi connectivity index (χ4v) is 3.04. The van der Waals surface area contributed by atoms with Gasteiger partial charge in [-0.25, -0.2) is 14.8 Å². The van der Waals surface area contributed by atoms with E-state index in [0.717, 1.165) is 16.3 Å². The summed E-state index contributed by atoms with van der Waals surface area (Å²) in [6.07, 6.45) is 1.56. The predicted octanol–water partition coefficient (Wildman–Crippen LogP) is 4.53. The second kappa shape index (κ2) is 5.57. The molecule has 0 saturated heterocycles. The second-order valence-electron chi connectivity index (χ2n) is 6.08. The van der Waals surface area contributed by atoms with Crippen LogP contribution in [0.2, 0.25) is 0 Å². The van der Waals surface area contributed by atoms with Gasteiger partial charge >= 0.3 is 5.63 Å². The van der Waals surface area contributed by atoms with Crippen LogP contribution in [0.15, 0.2) is 63.9 Å². The molecule has 24 heavy (non-hydrogen) atoms. The van der Waals surface area contributed by atoms with Crippen molar-refractivity contribution in [2.75, 3.05) is 0 Å². The van der Waals surface area contributed by atoms with Gasteiger partial charge < -0.3 is 4.42 Å². The van der Waals surface area contributed by atoms with Crippen LogP contribution in [0.25, 0.3) is 33.3 Å². The third kappa shape index (κ3) is 2.27. The molecular formula is C20H16N2O2. The lowest BCUT2D eigenvalue weighted by Crippen LogP contribution is -2.05. The minimum Gasteiger partial charge on any atom is -0.402 e. The van der Waals surface area contributed by atoms with E-state index >= 15 is 0 Å². The average Bonchev–Trinajstić information content (AvgIpc) is 2.60. The molecule has 4 aromatic rings. The van der Waals surface area contributed by atoms with E-state index in [0.29, 0.717) is 17.3 Å². The molecule has 4 heteroatoms. The summed E-state index contributed by atoms with van der Waals surface area (Å²) in [6.45, 7) is 4.34. The van der Waals surface area contributed by atoms with Gasteiger partial charge in [-0.3, -0.25) is 0 Å². The first kappa shape index (κ1) is 14.6. The van der Waals surface area contributed by atoms with Crippen molar-refractivity contribution in [2.45, 2.75) is 19.8 Å². The number of hydrogen-bond donors (Lipinski definition) is 0. The van der Waals surface area contributed by atoms with Crippen molar-refractivity contribution < 1.29 is 4.42 Å². The molecule has 2 aromatic heterocycles.